The van der Waals surface area contributed by atoms with E-state index in [0.717, 1.165) is 30.7 Å². The van der Waals surface area contributed by atoms with Gasteiger partial charge in [-0.2, -0.15) is 13.6 Å². The summed E-state index contributed by atoms with van der Waals surface area (Å²) < 4.78 is 107. The van der Waals surface area contributed by atoms with Gasteiger partial charge < -0.3 is 84.9 Å². The Labute approximate surface area is 427 Å². The SMILES string of the molecule is COC[C@@H]1[C@@H](CSP(=O)(O)OP(=O)(O)OP(=O)(O)OCC2O[C@@H](n3cnc4c(N)ncnc43)[C@H](OC)[C@@H]2P(=O)([O-])OC[C@H]2O[C@@H](n3cnc4c(=O)[nH]c(N)nc43)[C@H](O)[C@@H]2O)OC([n+]2cn(C)c3c(=O)[nH]c(N)nc32)[C@@H]1O. The lowest BCUT2D eigenvalue weighted by atomic mass is 10.00. The number of imidazole rings is 3. The number of nitrogens with two attached hydrogens (primary N) is 3. The number of H-pyrrole nitrogens is 2. The highest BCUT2D eigenvalue weighted by molar-refractivity contribution is 8.55. The normalized spacial score (nSPS) is 30.2. The molecule has 3 aliphatic heterocycles. The molecule has 42 heteroatoms. The van der Waals surface area contributed by atoms with Crippen molar-refractivity contribution in [3.05, 3.63) is 46.0 Å². The Morgan fingerprint density at radius 1 is 0.776 bits per heavy atom. The highest BCUT2D eigenvalue weighted by atomic mass is 32.7. The van der Waals surface area contributed by atoms with Gasteiger partial charge in [0.05, 0.1) is 57.4 Å². The summed E-state index contributed by atoms with van der Waals surface area (Å²) in [6.45, 7) is -7.89. The summed E-state index contributed by atoms with van der Waals surface area (Å²) in [6.07, 6.45) is -11.1. The largest absolute Gasteiger partial charge is 0.778 e. The zero-order valence-corrected chi connectivity index (χ0v) is 43.6. The van der Waals surface area contributed by atoms with Crippen LogP contribution in [-0.4, -0.2) is 172 Å². The fourth-order valence-electron chi connectivity index (χ4n) is 8.96. The molecule has 3 aliphatic rings. The number of nitrogens with one attached hydrogen (secondary N) is 2. The molecule has 16 atom stereocenters. The van der Waals surface area contributed by atoms with E-state index in [1.165, 1.54) is 34.2 Å². The summed E-state index contributed by atoms with van der Waals surface area (Å²) in [5.74, 6) is -2.16. The maximum atomic E-state index is 14.3. The predicted molar refractivity (Wildman–Crippen MR) is 252 cm³/mol. The van der Waals surface area contributed by atoms with E-state index in [1.807, 2.05) is 0 Å². The minimum atomic E-state index is -6.10. The monoisotopic (exact) mass is 1170 g/mol. The molecule has 0 radical (unpaired) electrons. The van der Waals surface area contributed by atoms with Gasteiger partial charge in [-0.05, 0) is 11.4 Å². The topological polar surface area (TPSA) is 536 Å². The molecule has 9 rings (SSSR count). The first-order valence-electron chi connectivity index (χ1n) is 21.8. The summed E-state index contributed by atoms with van der Waals surface area (Å²) in [6, 6.07) is 0. The molecule has 0 bridgehead atoms. The van der Waals surface area contributed by atoms with Gasteiger partial charge in [0.2, 0.25) is 17.7 Å². The van der Waals surface area contributed by atoms with Crippen LogP contribution in [0.4, 0.5) is 17.7 Å². The molecule has 76 heavy (non-hydrogen) atoms. The van der Waals surface area contributed by atoms with Crippen LogP contribution in [-0.2, 0) is 66.7 Å². The van der Waals surface area contributed by atoms with Crippen molar-refractivity contribution in [1.29, 1.82) is 0 Å². The third-order valence-electron chi connectivity index (χ3n) is 12.3. The quantitative estimate of drug-likeness (QED) is 0.0259. The van der Waals surface area contributed by atoms with Crippen LogP contribution < -0.4 is 37.8 Å². The maximum Gasteiger partial charge on any atom is 0.488 e. The average Bonchev–Trinajstić information content (AvgIpc) is 4.22. The molecule has 0 amide bonds. The average molecular weight is 1170 g/mol. The summed E-state index contributed by atoms with van der Waals surface area (Å²) in [7, 11) is -13.7. The second kappa shape index (κ2) is 21.2. The van der Waals surface area contributed by atoms with Gasteiger partial charge in [0.25, 0.3) is 17.1 Å². The summed E-state index contributed by atoms with van der Waals surface area (Å²) >= 11 is -0.00657. The molecule has 3 fully saturated rings. The van der Waals surface area contributed by atoms with Crippen molar-refractivity contribution in [2.24, 2.45) is 13.0 Å². The number of aromatic nitrogens is 12. The van der Waals surface area contributed by atoms with E-state index in [4.69, 9.17) is 49.9 Å². The molecule has 0 aromatic carbocycles. The smallest absolute Gasteiger partial charge is 0.488 e. The number of phosphoric acid groups is 2. The number of nitrogens with zero attached hydrogens (tertiary/aromatic N) is 10. The number of aromatic amines is 2. The van der Waals surface area contributed by atoms with Crippen molar-refractivity contribution in [2.45, 2.75) is 67.1 Å². The van der Waals surface area contributed by atoms with Gasteiger partial charge in [-0.3, -0.25) is 37.8 Å². The summed E-state index contributed by atoms with van der Waals surface area (Å²) in [5, 5.41) is 33.3. The van der Waals surface area contributed by atoms with Crippen LogP contribution in [0.1, 0.15) is 18.7 Å². The summed E-state index contributed by atoms with van der Waals surface area (Å²) in [5.41, 5.74) is 13.7. The highest BCUT2D eigenvalue weighted by Crippen LogP contribution is 2.72. The fraction of sp³-hybridized carbons (Fsp3) is 0.559. The van der Waals surface area contributed by atoms with E-state index in [-0.39, 0.29) is 69.2 Å². The van der Waals surface area contributed by atoms with Crippen molar-refractivity contribution in [3.63, 3.8) is 0 Å². The molecular weight excluding hydrogens is 1130 g/mol. The van der Waals surface area contributed by atoms with Gasteiger partial charge in [-0.1, -0.05) is 4.98 Å². The number of ether oxygens (including phenoxy) is 5. The Bertz CT molecular complexity index is 3490. The number of rotatable bonds is 20. The third kappa shape index (κ3) is 10.9. The maximum absolute atomic E-state index is 14.3. The van der Waals surface area contributed by atoms with Crippen molar-refractivity contribution < 1.29 is 99.1 Å². The number of nitrogen functional groups attached to an aromatic ring is 3. The molecule has 6 aromatic heterocycles. The van der Waals surface area contributed by atoms with Crippen LogP contribution in [0.2, 0.25) is 0 Å². The van der Waals surface area contributed by atoms with Crippen molar-refractivity contribution >= 4 is 92.6 Å². The number of hydrogen-bond acceptors (Lipinski definition) is 29. The van der Waals surface area contributed by atoms with E-state index >= 15 is 0 Å². The van der Waals surface area contributed by atoms with E-state index in [2.05, 4.69) is 48.5 Å². The van der Waals surface area contributed by atoms with E-state index in [9.17, 15) is 62.7 Å². The first-order chi connectivity index (χ1) is 35.7. The lowest BCUT2D eigenvalue weighted by Crippen LogP contribution is -2.45. The Kier molecular flexibility index (Phi) is 15.6. The molecule has 9 heterocycles. The first-order valence-corrected chi connectivity index (χ1v) is 29.6. The van der Waals surface area contributed by atoms with Crippen LogP contribution in [0, 0.1) is 5.92 Å². The first kappa shape index (κ1) is 56.0. The molecule has 0 saturated carbocycles. The number of aliphatic hydroxyl groups excluding tert-OH is 3. The Balaban J connectivity index is 0.888. The van der Waals surface area contributed by atoms with Gasteiger partial charge in [-0.25, -0.2) is 38.2 Å². The second-order valence-electron chi connectivity index (χ2n) is 17.1. The van der Waals surface area contributed by atoms with Gasteiger partial charge in [-0.15, -0.1) is 0 Å². The van der Waals surface area contributed by atoms with Gasteiger partial charge in [0.1, 0.15) is 50.0 Å². The second-order valence-corrected chi connectivity index (χ2v) is 26.1. The lowest BCUT2D eigenvalue weighted by molar-refractivity contribution is -0.745. The lowest BCUT2D eigenvalue weighted by Gasteiger charge is -2.35. The standard InChI is InChI=1S/C34H47N15O22P4S/c1-46-11-49(27-18(46)29(54)45-34(37)43-27)30-19(50)12(4-63-2)15(69-30)7-76-75(61,62)71-74(59,60)70-73(57,58)66-6-14-23(22(64-3)32(68-14)47-9-40-16-24(35)38-8-39-25(16)47)72(55,56)65-5-13-20(51)21(52)31(67-13)48-10-41-17-26(48)42-33(36)44-28(17)53/h8-15,19-23,30-32,50-52H,4-7H2,1-3H3,(H11-,35,36,37,38,39,42,43,44,45,53,54,55,56,57,58,59,60,61,62)/t12-,13-,14?,15-,19-,20-,21-,22-,23-,30?,31-,32-/m1/s1. The van der Waals surface area contributed by atoms with Crippen LogP contribution in [0.25, 0.3) is 33.5 Å². The number of anilines is 3. The predicted octanol–water partition coefficient (Wildman–Crippen LogP) is -3.66. The van der Waals surface area contributed by atoms with E-state index in [1.54, 1.807) is 0 Å². The third-order valence-corrected chi connectivity index (χ3v) is 20.7. The van der Waals surface area contributed by atoms with Crippen LogP contribution in [0.3, 0.4) is 0 Å². The van der Waals surface area contributed by atoms with E-state index in [0.29, 0.717) is 0 Å². The number of aliphatic hydroxyl groups is 3. The molecule has 6 unspecified atom stereocenters. The fourth-order valence-corrected chi connectivity index (χ4v) is 16.7. The molecule has 416 valence electrons. The molecule has 0 aliphatic carbocycles. The number of aryl methyl sites for hydroxylation is 1. The molecular formula is C34H47N15O22P4S. The molecule has 3 saturated heterocycles. The minimum Gasteiger partial charge on any atom is -0.778 e. The van der Waals surface area contributed by atoms with Crippen molar-refractivity contribution in [3.8, 4) is 0 Å². The van der Waals surface area contributed by atoms with Crippen molar-refractivity contribution in [1.82, 2.24) is 53.6 Å². The van der Waals surface area contributed by atoms with Gasteiger partial charge in [0, 0.05) is 25.9 Å². The number of methoxy groups -OCH3 is 2. The molecule has 37 nitrogen and oxygen atoms in total. The van der Waals surface area contributed by atoms with Crippen LogP contribution >= 0.6 is 41.4 Å². The van der Waals surface area contributed by atoms with Gasteiger partial charge >= 0.3 is 28.1 Å². The molecule has 6 aromatic rings. The molecule has 14 N–H and O–H groups in total. The number of phosphoric ester groups is 1. The van der Waals surface area contributed by atoms with Crippen LogP contribution in [0.5, 0.6) is 0 Å². The Morgan fingerprint density at radius 2 is 1.43 bits per heavy atom. The van der Waals surface area contributed by atoms with Gasteiger partial charge in [0.15, 0.2) is 41.4 Å². The van der Waals surface area contributed by atoms with Crippen LogP contribution in [0.15, 0.2) is 34.9 Å². The Morgan fingerprint density at radius 3 is 2.14 bits per heavy atom. The van der Waals surface area contributed by atoms with Crippen molar-refractivity contribution in [2.75, 3.05) is 57.0 Å². The Hall–Kier alpha value is -4.72. The zero-order chi connectivity index (χ0) is 55.0. The number of hydrogen-bond donors (Lipinski definition) is 11. The minimum absolute atomic E-state index is 0.00657. The molecule has 0 spiro atoms. The number of fused-ring (bicyclic) bond motifs is 3. The van der Waals surface area contributed by atoms with E-state index < -0.39 is 133 Å². The zero-order valence-electron chi connectivity index (χ0n) is 39.2. The summed E-state index contributed by atoms with van der Waals surface area (Å²) in [4.78, 5) is 100. The highest BCUT2D eigenvalue weighted by Gasteiger charge is 2.55.